The van der Waals surface area contributed by atoms with E-state index in [2.05, 4.69) is 43.5 Å². The summed E-state index contributed by atoms with van der Waals surface area (Å²) in [6.45, 7) is 4.60. The summed E-state index contributed by atoms with van der Waals surface area (Å²) in [6.07, 6.45) is 8.84. The summed E-state index contributed by atoms with van der Waals surface area (Å²) in [5.41, 5.74) is 6.25. The molecule has 1 aliphatic rings. The lowest BCUT2D eigenvalue weighted by molar-refractivity contribution is 0.144. The van der Waals surface area contributed by atoms with Crippen molar-refractivity contribution < 1.29 is 0 Å². The first-order chi connectivity index (χ1) is 9.18. The van der Waals surface area contributed by atoms with Gasteiger partial charge in [-0.15, -0.1) is 0 Å². The predicted molar refractivity (Wildman–Crippen MR) is 81.8 cm³/mol. The van der Waals surface area contributed by atoms with Crippen LogP contribution in [0.15, 0.2) is 24.3 Å². The molecule has 1 aromatic rings. The number of nitrogens with one attached hydrogen (secondary N) is 1. The molecular weight excluding hydrogens is 232 g/mol. The fourth-order valence-corrected chi connectivity index (χ4v) is 3.36. The summed E-state index contributed by atoms with van der Waals surface area (Å²) in [7, 11) is 0. The van der Waals surface area contributed by atoms with Crippen molar-refractivity contribution in [2.24, 2.45) is 11.3 Å². The zero-order valence-corrected chi connectivity index (χ0v) is 12.4. The molecule has 0 radical (unpaired) electrons. The van der Waals surface area contributed by atoms with Crippen LogP contribution in [0.5, 0.6) is 0 Å². The zero-order chi connectivity index (χ0) is 13.7. The number of nitrogens with two attached hydrogens (primary N) is 1. The van der Waals surface area contributed by atoms with E-state index >= 15 is 0 Å². The van der Waals surface area contributed by atoms with E-state index in [0.29, 0.717) is 11.5 Å². The second-order valence-electron chi connectivity index (χ2n) is 6.31. The van der Waals surface area contributed by atoms with Gasteiger partial charge in [0.25, 0.3) is 0 Å². The molecule has 19 heavy (non-hydrogen) atoms. The topological polar surface area (TPSA) is 38.0 Å². The molecule has 0 aromatic heterocycles. The van der Waals surface area contributed by atoms with Crippen LogP contribution in [0.1, 0.15) is 57.1 Å². The molecule has 106 valence electrons. The molecule has 1 unspecified atom stereocenters. The van der Waals surface area contributed by atoms with E-state index in [0.717, 1.165) is 12.8 Å². The Morgan fingerprint density at radius 1 is 1.11 bits per heavy atom. The average Bonchev–Trinajstić information content (AvgIpc) is 2.46. The molecule has 1 aromatic carbocycles. The van der Waals surface area contributed by atoms with Crippen LogP contribution in [-0.4, -0.2) is 6.04 Å². The van der Waals surface area contributed by atoms with Crippen molar-refractivity contribution in [3.05, 3.63) is 35.4 Å². The third kappa shape index (κ3) is 3.58. The average molecular weight is 260 g/mol. The van der Waals surface area contributed by atoms with Crippen molar-refractivity contribution in [1.29, 1.82) is 0 Å². The maximum atomic E-state index is 5.84. The van der Waals surface area contributed by atoms with E-state index in [4.69, 9.17) is 5.84 Å². The molecule has 1 fully saturated rings. The highest BCUT2D eigenvalue weighted by molar-refractivity contribution is 5.23. The van der Waals surface area contributed by atoms with Gasteiger partial charge in [0.05, 0.1) is 0 Å². The number of rotatable bonds is 5. The maximum absolute atomic E-state index is 5.84. The van der Waals surface area contributed by atoms with Crippen LogP contribution >= 0.6 is 0 Å². The molecular formula is C17H28N2. The van der Waals surface area contributed by atoms with Gasteiger partial charge in [0.1, 0.15) is 0 Å². The second-order valence-corrected chi connectivity index (χ2v) is 6.31. The second kappa shape index (κ2) is 6.53. The molecule has 2 rings (SSSR count). The molecule has 1 atom stereocenters. The minimum absolute atomic E-state index is 0.358. The van der Waals surface area contributed by atoms with Gasteiger partial charge in [-0.05, 0) is 42.2 Å². The Bertz CT molecular complexity index is 377. The first kappa shape index (κ1) is 14.5. The van der Waals surface area contributed by atoms with Crippen LogP contribution in [-0.2, 0) is 12.8 Å². The van der Waals surface area contributed by atoms with Crippen LogP contribution in [0, 0.1) is 5.41 Å². The van der Waals surface area contributed by atoms with Crippen LogP contribution in [0.2, 0.25) is 0 Å². The fraction of sp³-hybridized carbons (Fsp3) is 0.647. The summed E-state index contributed by atoms with van der Waals surface area (Å²) in [4.78, 5) is 0. The third-order valence-corrected chi connectivity index (χ3v) is 4.91. The van der Waals surface area contributed by atoms with Crippen molar-refractivity contribution in [1.82, 2.24) is 5.43 Å². The normalized spacial score (nSPS) is 20.2. The molecule has 0 amide bonds. The lowest BCUT2D eigenvalue weighted by atomic mass is 9.69. The number of hydrogen-bond donors (Lipinski definition) is 2. The molecule has 2 heteroatoms. The number of hydrogen-bond acceptors (Lipinski definition) is 2. The highest BCUT2D eigenvalue weighted by atomic mass is 15.2. The summed E-state index contributed by atoms with van der Waals surface area (Å²) < 4.78 is 0. The fourth-order valence-electron chi connectivity index (χ4n) is 3.36. The van der Waals surface area contributed by atoms with Crippen molar-refractivity contribution in [3.63, 3.8) is 0 Å². The van der Waals surface area contributed by atoms with Gasteiger partial charge in [-0.3, -0.25) is 11.3 Å². The quantitative estimate of drug-likeness (QED) is 0.627. The van der Waals surface area contributed by atoms with Gasteiger partial charge < -0.3 is 0 Å². The Labute approximate surface area is 117 Å². The minimum atomic E-state index is 0.358. The minimum Gasteiger partial charge on any atom is -0.271 e. The van der Waals surface area contributed by atoms with E-state index < -0.39 is 0 Å². The molecule has 0 spiro atoms. The van der Waals surface area contributed by atoms with E-state index in [1.807, 2.05) is 0 Å². The van der Waals surface area contributed by atoms with Crippen LogP contribution in [0.3, 0.4) is 0 Å². The predicted octanol–water partition coefficient (Wildman–Crippen LogP) is 3.59. The highest BCUT2D eigenvalue weighted by Crippen LogP contribution is 2.39. The Balaban J connectivity index is 2.04. The Hall–Kier alpha value is -0.860. The molecule has 0 heterocycles. The number of aryl methyl sites for hydroxylation is 1. The van der Waals surface area contributed by atoms with Crippen LogP contribution in [0.4, 0.5) is 0 Å². The van der Waals surface area contributed by atoms with E-state index in [-0.39, 0.29) is 0 Å². The lowest BCUT2D eigenvalue weighted by Gasteiger charge is -2.40. The van der Waals surface area contributed by atoms with Gasteiger partial charge in [-0.1, -0.05) is 57.4 Å². The first-order valence-electron chi connectivity index (χ1n) is 7.72. The summed E-state index contributed by atoms with van der Waals surface area (Å²) in [5.74, 6) is 5.84. The highest BCUT2D eigenvalue weighted by Gasteiger charge is 2.34. The van der Waals surface area contributed by atoms with Gasteiger partial charge in [0.2, 0.25) is 0 Å². The van der Waals surface area contributed by atoms with Crippen molar-refractivity contribution in [3.8, 4) is 0 Å². The van der Waals surface area contributed by atoms with Crippen LogP contribution < -0.4 is 11.3 Å². The lowest BCUT2D eigenvalue weighted by Crippen LogP contribution is -2.49. The maximum Gasteiger partial charge on any atom is 0.0304 e. The van der Waals surface area contributed by atoms with Crippen LogP contribution in [0.25, 0.3) is 0 Å². The van der Waals surface area contributed by atoms with E-state index in [1.165, 1.54) is 43.2 Å². The van der Waals surface area contributed by atoms with E-state index in [9.17, 15) is 0 Å². The van der Waals surface area contributed by atoms with Crippen molar-refractivity contribution in [2.75, 3.05) is 0 Å². The molecule has 0 saturated heterocycles. The molecule has 1 saturated carbocycles. The smallest absolute Gasteiger partial charge is 0.0304 e. The zero-order valence-electron chi connectivity index (χ0n) is 12.4. The first-order valence-corrected chi connectivity index (χ1v) is 7.72. The molecule has 2 nitrogen and oxygen atoms in total. The molecule has 0 aliphatic heterocycles. The Morgan fingerprint density at radius 2 is 1.68 bits per heavy atom. The Kier molecular flexibility index (Phi) is 5.00. The third-order valence-electron chi connectivity index (χ3n) is 4.91. The van der Waals surface area contributed by atoms with Gasteiger partial charge in [-0.2, -0.15) is 0 Å². The van der Waals surface area contributed by atoms with Gasteiger partial charge >= 0.3 is 0 Å². The molecule has 0 bridgehead atoms. The monoisotopic (exact) mass is 260 g/mol. The van der Waals surface area contributed by atoms with Gasteiger partial charge in [0, 0.05) is 6.04 Å². The van der Waals surface area contributed by atoms with E-state index in [1.54, 1.807) is 0 Å². The van der Waals surface area contributed by atoms with Crippen molar-refractivity contribution in [2.45, 2.75) is 64.8 Å². The SMILES string of the molecule is CCc1ccc(CC(NN)C2(C)CCCCC2)cc1. The van der Waals surface area contributed by atoms with Gasteiger partial charge in [-0.25, -0.2) is 0 Å². The number of benzene rings is 1. The van der Waals surface area contributed by atoms with Gasteiger partial charge in [0.15, 0.2) is 0 Å². The summed E-state index contributed by atoms with van der Waals surface area (Å²) in [6, 6.07) is 9.39. The largest absolute Gasteiger partial charge is 0.271 e. The Morgan fingerprint density at radius 3 is 2.21 bits per heavy atom. The number of hydrazine groups is 1. The molecule has 1 aliphatic carbocycles. The summed E-state index contributed by atoms with van der Waals surface area (Å²) in [5, 5.41) is 0. The van der Waals surface area contributed by atoms with Crippen molar-refractivity contribution >= 4 is 0 Å². The standard InChI is InChI=1S/C17H28N2/c1-3-14-7-9-15(10-8-14)13-16(19-18)17(2)11-5-4-6-12-17/h7-10,16,19H,3-6,11-13,18H2,1-2H3. The molecule has 3 N–H and O–H groups in total. The summed E-state index contributed by atoms with van der Waals surface area (Å²) >= 11 is 0.